The smallest absolute Gasteiger partial charge is 0.416 e. The van der Waals surface area contributed by atoms with Gasteiger partial charge >= 0.3 is 12.1 Å². The van der Waals surface area contributed by atoms with Crippen LogP contribution >= 0.6 is 0 Å². The molecule has 1 aromatic carbocycles. The van der Waals surface area contributed by atoms with Crippen molar-refractivity contribution in [3.05, 3.63) is 35.4 Å². The van der Waals surface area contributed by atoms with E-state index in [4.69, 9.17) is 5.11 Å². The second-order valence-corrected chi connectivity index (χ2v) is 4.79. The minimum atomic E-state index is -4.35. The zero-order valence-electron chi connectivity index (χ0n) is 10.1. The van der Waals surface area contributed by atoms with Crippen molar-refractivity contribution in [2.45, 2.75) is 37.5 Å². The van der Waals surface area contributed by atoms with E-state index in [1.807, 2.05) is 0 Å². The van der Waals surface area contributed by atoms with Crippen molar-refractivity contribution in [3.8, 4) is 0 Å². The van der Waals surface area contributed by atoms with E-state index in [-0.39, 0.29) is 6.54 Å². The van der Waals surface area contributed by atoms with Gasteiger partial charge in [0.15, 0.2) is 0 Å². The molecule has 1 fully saturated rings. The number of rotatable bonds is 4. The molecule has 1 aliphatic carbocycles. The molecule has 0 aromatic heterocycles. The molecule has 0 amide bonds. The Bertz CT molecular complexity index is 464. The molecule has 3 nitrogen and oxygen atoms in total. The normalized spacial score (nSPS) is 17.8. The number of hydrogen-bond donors (Lipinski definition) is 2. The summed E-state index contributed by atoms with van der Waals surface area (Å²) < 4.78 is 37.1. The molecule has 1 aliphatic rings. The molecule has 0 radical (unpaired) electrons. The highest BCUT2D eigenvalue weighted by Crippen LogP contribution is 2.33. The van der Waals surface area contributed by atoms with Gasteiger partial charge in [-0.15, -0.1) is 0 Å². The zero-order valence-corrected chi connectivity index (χ0v) is 10.1. The summed E-state index contributed by atoms with van der Waals surface area (Å²) in [5, 5.41) is 12.0. The average molecular weight is 273 g/mol. The lowest BCUT2D eigenvalue weighted by Gasteiger charge is -2.38. The fourth-order valence-corrected chi connectivity index (χ4v) is 2.08. The second kappa shape index (κ2) is 4.85. The van der Waals surface area contributed by atoms with Gasteiger partial charge in [0.05, 0.1) is 5.56 Å². The predicted molar refractivity (Wildman–Crippen MR) is 62.5 cm³/mol. The molecule has 0 saturated heterocycles. The van der Waals surface area contributed by atoms with Gasteiger partial charge in [-0.2, -0.15) is 13.2 Å². The third kappa shape index (κ3) is 2.89. The van der Waals surface area contributed by atoms with Crippen LogP contribution in [0.5, 0.6) is 0 Å². The van der Waals surface area contributed by atoms with Crippen molar-refractivity contribution in [2.75, 3.05) is 0 Å². The first-order chi connectivity index (χ1) is 8.83. The number of aliphatic carboxylic acids is 1. The van der Waals surface area contributed by atoms with Crippen LogP contribution in [0.1, 0.15) is 30.4 Å². The molecule has 0 aliphatic heterocycles. The van der Waals surface area contributed by atoms with Gasteiger partial charge in [0, 0.05) is 6.54 Å². The first-order valence-corrected chi connectivity index (χ1v) is 5.98. The third-order valence-electron chi connectivity index (χ3n) is 3.53. The summed E-state index contributed by atoms with van der Waals surface area (Å²) in [4.78, 5) is 11.1. The number of hydrogen-bond acceptors (Lipinski definition) is 2. The third-order valence-corrected chi connectivity index (χ3v) is 3.53. The quantitative estimate of drug-likeness (QED) is 0.886. The predicted octanol–water partition coefficient (Wildman–Crippen LogP) is 2.80. The number of alkyl halides is 3. The minimum absolute atomic E-state index is 0.254. The summed E-state index contributed by atoms with van der Waals surface area (Å²) in [6.07, 6.45) is -2.37. The van der Waals surface area contributed by atoms with Crippen LogP contribution in [0, 0.1) is 0 Å². The maximum Gasteiger partial charge on any atom is 0.416 e. The van der Waals surface area contributed by atoms with Crippen molar-refractivity contribution >= 4 is 5.97 Å². The molecule has 0 heterocycles. The Labute approximate surface area is 108 Å². The molecular weight excluding hydrogens is 259 g/mol. The van der Waals surface area contributed by atoms with Gasteiger partial charge < -0.3 is 5.11 Å². The van der Waals surface area contributed by atoms with Crippen LogP contribution in [0.15, 0.2) is 24.3 Å². The van der Waals surface area contributed by atoms with Gasteiger partial charge in [0.2, 0.25) is 0 Å². The highest BCUT2D eigenvalue weighted by molar-refractivity contribution is 5.79. The molecule has 0 atom stereocenters. The molecule has 19 heavy (non-hydrogen) atoms. The van der Waals surface area contributed by atoms with E-state index in [0.29, 0.717) is 18.4 Å². The first-order valence-electron chi connectivity index (χ1n) is 5.98. The lowest BCUT2D eigenvalue weighted by molar-refractivity contribution is -0.148. The Morgan fingerprint density at radius 1 is 1.26 bits per heavy atom. The highest BCUT2D eigenvalue weighted by atomic mass is 19.4. The largest absolute Gasteiger partial charge is 0.480 e. The van der Waals surface area contributed by atoms with Crippen molar-refractivity contribution in [2.24, 2.45) is 0 Å². The monoisotopic (exact) mass is 273 g/mol. The van der Waals surface area contributed by atoms with Gasteiger partial charge in [-0.1, -0.05) is 12.1 Å². The van der Waals surface area contributed by atoms with Crippen molar-refractivity contribution in [1.82, 2.24) is 5.32 Å². The van der Waals surface area contributed by atoms with Crippen molar-refractivity contribution < 1.29 is 23.1 Å². The summed E-state index contributed by atoms with van der Waals surface area (Å²) in [7, 11) is 0. The topological polar surface area (TPSA) is 49.3 Å². The Morgan fingerprint density at radius 2 is 1.84 bits per heavy atom. The molecule has 2 rings (SSSR count). The standard InChI is InChI=1S/C13H14F3NO2/c14-13(15,16)10-4-2-9(3-5-10)8-17-12(11(18)19)6-1-7-12/h2-5,17H,1,6-8H2,(H,18,19). The summed E-state index contributed by atoms with van der Waals surface area (Å²) in [6, 6.07) is 4.74. The van der Waals surface area contributed by atoms with E-state index in [1.54, 1.807) is 0 Å². The summed E-state index contributed by atoms with van der Waals surface area (Å²) >= 11 is 0. The van der Waals surface area contributed by atoms with Crippen LogP contribution in [-0.2, 0) is 17.5 Å². The molecule has 6 heteroatoms. The Hall–Kier alpha value is -1.56. The van der Waals surface area contributed by atoms with Gasteiger partial charge in [-0.05, 0) is 37.0 Å². The number of carbonyl (C=O) groups is 1. The van der Waals surface area contributed by atoms with Crippen LogP contribution in [0.3, 0.4) is 0 Å². The average Bonchev–Trinajstić information content (AvgIpc) is 2.26. The molecule has 104 valence electrons. The van der Waals surface area contributed by atoms with Gasteiger partial charge in [-0.3, -0.25) is 10.1 Å². The van der Waals surface area contributed by atoms with Gasteiger partial charge in [0.1, 0.15) is 5.54 Å². The molecular formula is C13H14F3NO2. The summed E-state index contributed by atoms with van der Waals surface area (Å²) in [5.41, 5.74) is -0.962. The minimum Gasteiger partial charge on any atom is -0.480 e. The van der Waals surface area contributed by atoms with E-state index in [1.165, 1.54) is 12.1 Å². The first kappa shape index (κ1) is 13.9. The highest BCUT2D eigenvalue weighted by Gasteiger charge is 2.43. The maximum atomic E-state index is 12.4. The van der Waals surface area contributed by atoms with Gasteiger partial charge in [-0.25, -0.2) is 0 Å². The number of nitrogens with one attached hydrogen (secondary N) is 1. The maximum absolute atomic E-state index is 12.4. The van der Waals surface area contributed by atoms with Crippen LogP contribution in [0.25, 0.3) is 0 Å². The number of benzene rings is 1. The molecule has 2 N–H and O–H groups in total. The molecule has 1 aromatic rings. The zero-order chi connectivity index (χ0) is 14.1. The lowest BCUT2D eigenvalue weighted by Crippen LogP contribution is -2.56. The second-order valence-electron chi connectivity index (χ2n) is 4.79. The lowest BCUT2D eigenvalue weighted by atomic mass is 9.76. The fraction of sp³-hybridized carbons (Fsp3) is 0.462. The van der Waals surface area contributed by atoms with Crippen LogP contribution in [0.2, 0.25) is 0 Å². The number of halogens is 3. The molecule has 0 bridgehead atoms. The number of carboxylic acids is 1. The van der Waals surface area contributed by atoms with E-state index in [2.05, 4.69) is 5.32 Å². The van der Waals surface area contributed by atoms with Crippen molar-refractivity contribution in [3.63, 3.8) is 0 Å². The SMILES string of the molecule is O=C(O)C1(NCc2ccc(C(F)(F)F)cc2)CCC1. The van der Waals surface area contributed by atoms with E-state index >= 15 is 0 Å². The van der Waals surface area contributed by atoms with E-state index in [0.717, 1.165) is 18.6 Å². The molecule has 0 unspecified atom stereocenters. The fourth-order valence-electron chi connectivity index (χ4n) is 2.08. The van der Waals surface area contributed by atoms with E-state index in [9.17, 15) is 18.0 Å². The van der Waals surface area contributed by atoms with Crippen LogP contribution in [-0.4, -0.2) is 16.6 Å². The number of carboxylic acid groups (broad SMARTS) is 1. The van der Waals surface area contributed by atoms with Crippen LogP contribution in [0.4, 0.5) is 13.2 Å². The summed E-state index contributed by atoms with van der Waals surface area (Å²) in [5.74, 6) is -0.898. The molecule has 0 spiro atoms. The van der Waals surface area contributed by atoms with Crippen molar-refractivity contribution in [1.29, 1.82) is 0 Å². The van der Waals surface area contributed by atoms with E-state index < -0.39 is 23.2 Å². The van der Waals surface area contributed by atoms with Crippen LogP contribution < -0.4 is 5.32 Å². The Balaban J connectivity index is 1.99. The van der Waals surface area contributed by atoms with Gasteiger partial charge in [0.25, 0.3) is 0 Å². The molecule has 1 saturated carbocycles. The Kier molecular flexibility index (Phi) is 3.54. The Morgan fingerprint density at radius 3 is 2.21 bits per heavy atom. The summed E-state index contributed by atoms with van der Waals surface area (Å²) in [6.45, 7) is 0.254.